The molecule has 5 nitrogen and oxygen atoms in total. The first kappa shape index (κ1) is 27.7. The Balaban J connectivity index is 1.62. The molecule has 8 heteroatoms. The molecular weight excluding hydrogens is 483 g/mol. The van der Waals surface area contributed by atoms with Crippen LogP contribution >= 0.6 is 23.1 Å². The largest absolute Gasteiger partial charge is 0.257 e. The summed E-state index contributed by atoms with van der Waals surface area (Å²) >= 11 is 3.14. The van der Waals surface area contributed by atoms with E-state index in [0.29, 0.717) is 41.1 Å². The van der Waals surface area contributed by atoms with Gasteiger partial charge in [0.2, 0.25) is 15.2 Å². The maximum absolute atomic E-state index is 12.9. The molecule has 3 rings (SSSR count). The number of sulfonamides is 1. The van der Waals surface area contributed by atoms with E-state index >= 15 is 0 Å². The summed E-state index contributed by atoms with van der Waals surface area (Å²) in [5.74, 6) is 2.76. The van der Waals surface area contributed by atoms with Gasteiger partial charge in [0.05, 0.1) is 5.25 Å². The first-order chi connectivity index (χ1) is 16.3. The molecule has 0 bridgehead atoms. The molecule has 0 aliphatic heterocycles. The van der Waals surface area contributed by atoms with Crippen molar-refractivity contribution in [2.75, 3.05) is 10.5 Å². The second-order valence-electron chi connectivity index (χ2n) is 10.4. The van der Waals surface area contributed by atoms with Crippen LogP contribution in [0, 0.1) is 23.2 Å². The molecule has 3 unspecified atom stereocenters. The lowest BCUT2D eigenvalue weighted by molar-refractivity contribution is 0.164. The molecule has 0 saturated heterocycles. The Morgan fingerprint density at radius 2 is 1.82 bits per heavy atom. The van der Waals surface area contributed by atoms with E-state index in [0.717, 1.165) is 22.9 Å². The third-order valence-corrected chi connectivity index (χ3v) is 12.5. The first-order valence-electron chi connectivity index (χ1n) is 13.0. The summed E-state index contributed by atoms with van der Waals surface area (Å²) in [6.45, 7) is 12.6. The van der Waals surface area contributed by atoms with Gasteiger partial charge in [0, 0.05) is 5.75 Å². The SMILES string of the molecule is C=CC1CCC(S(=O)(=O)Nc2nnc(SCC3(C(C)CCCC)CCCC(C=C)CC3)s2)CC1. The number of nitrogens with one attached hydrogen (secondary N) is 1. The van der Waals surface area contributed by atoms with Gasteiger partial charge in [-0.2, -0.15) is 0 Å². The van der Waals surface area contributed by atoms with Crippen LogP contribution in [0.1, 0.15) is 90.9 Å². The molecule has 2 aliphatic carbocycles. The van der Waals surface area contributed by atoms with Crippen molar-refractivity contribution in [3.8, 4) is 0 Å². The minimum atomic E-state index is -3.43. The Kier molecular flexibility index (Phi) is 10.5. The molecule has 0 radical (unpaired) electrons. The molecule has 2 fully saturated rings. The maximum Gasteiger partial charge on any atom is 0.237 e. The van der Waals surface area contributed by atoms with Crippen LogP contribution in [-0.4, -0.2) is 29.6 Å². The molecule has 2 saturated carbocycles. The Morgan fingerprint density at radius 3 is 2.50 bits per heavy atom. The van der Waals surface area contributed by atoms with Gasteiger partial charge >= 0.3 is 0 Å². The lowest BCUT2D eigenvalue weighted by Gasteiger charge is -2.39. The van der Waals surface area contributed by atoms with E-state index in [4.69, 9.17) is 0 Å². The first-order valence-corrected chi connectivity index (χ1v) is 16.4. The van der Waals surface area contributed by atoms with Gasteiger partial charge in [0.1, 0.15) is 0 Å². The second kappa shape index (κ2) is 12.9. The highest BCUT2D eigenvalue weighted by Gasteiger charge is 2.38. The van der Waals surface area contributed by atoms with Gasteiger partial charge in [-0.15, -0.1) is 23.4 Å². The Morgan fingerprint density at radius 1 is 1.12 bits per heavy atom. The molecule has 0 aromatic carbocycles. The van der Waals surface area contributed by atoms with Crippen molar-refractivity contribution in [3.05, 3.63) is 25.3 Å². The summed E-state index contributed by atoms with van der Waals surface area (Å²) in [6.07, 6.45) is 17.2. The van der Waals surface area contributed by atoms with Crippen LogP contribution in [0.15, 0.2) is 29.6 Å². The van der Waals surface area contributed by atoms with Gasteiger partial charge in [0.15, 0.2) is 4.34 Å². The predicted molar refractivity (Wildman–Crippen MR) is 147 cm³/mol. The number of thioether (sulfide) groups is 1. The number of anilines is 1. The highest BCUT2D eigenvalue weighted by Crippen LogP contribution is 2.48. The molecule has 1 aromatic heterocycles. The van der Waals surface area contributed by atoms with Gasteiger partial charge in [0.25, 0.3) is 0 Å². The fraction of sp³-hybridized carbons (Fsp3) is 0.769. The van der Waals surface area contributed by atoms with E-state index in [1.807, 2.05) is 6.08 Å². The highest BCUT2D eigenvalue weighted by molar-refractivity contribution is 8.01. The molecule has 34 heavy (non-hydrogen) atoms. The smallest absolute Gasteiger partial charge is 0.237 e. The molecule has 192 valence electrons. The number of allylic oxidation sites excluding steroid dienone is 2. The Hall–Kier alpha value is -0.860. The van der Waals surface area contributed by atoms with E-state index < -0.39 is 10.0 Å². The van der Waals surface area contributed by atoms with Crippen molar-refractivity contribution in [3.63, 3.8) is 0 Å². The maximum atomic E-state index is 12.9. The minimum Gasteiger partial charge on any atom is -0.257 e. The van der Waals surface area contributed by atoms with E-state index in [1.54, 1.807) is 11.8 Å². The van der Waals surface area contributed by atoms with Crippen LogP contribution in [-0.2, 0) is 10.0 Å². The number of rotatable bonds is 12. The quantitative estimate of drug-likeness (QED) is 0.172. The van der Waals surface area contributed by atoms with Crippen LogP contribution in [0.2, 0.25) is 0 Å². The fourth-order valence-electron chi connectivity index (χ4n) is 5.64. The number of unbranched alkanes of at least 4 members (excludes halogenated alkanes) is 1. The average molecular weight is 526 g/mol. The number of hydrogen-bond acceptors (Lipinski definition) is 6. The van der Waals surface area contributed by atoms with Crippen molar-refractivity contribution in [1.29, 1.82) is 0 Å². The lowest BCUT2D eigenvalue weighted by Crippen LogP contribution is -2.31. The number of aromatic nitrogens is 2. The molecule has 0 spiro atoms. The van der Waals surface area contributed by atoms with Crippen molar-refractivity contribution in [2.45, 2.75) is 100 Å². The summed E-state index contributed by atoms with van der Waals surface area (Å²) in [5, 5.41) is 8.56. The summed E-state index contributed by atoms with van der Waals surface area (Å²) < 4.78 is 29.4. The standard InChI is InChI=1S/C26H43N3O2S3/c1-5-8-10-20(4)26(17-9-11-21(6-2)16-18-26)19-32-25-28-27-24(33-25)29-34(30,31)23-14-12-22(7-3)13-15-23/h6-7,20-23H,2-3,5,8-19H2,1,4H3,(H,27,29). The van der Waals surface area contributed by atoms with Crippen LogP contribution in [0.25, 0.3) is 0 Å². The molecular formula is C26H43N3O2S3. The van der Waals surface area contributed by atoms with Crippen LogP contribution in [0.4, 0.5) is 5.13 Å². The number of nitrogens with zero attached hydrogens (tertiary/aromatic N) is 2. The van der Waals surface area contributed by atoms with Crippen LogP contribution in [0.5, 0.6) is 0 Å². The minimum absolute atomic E-state index is 0.298. The van der Waals surface area contributed by atoms with Gasteiger partial charge in [-0.3, -0.25) is 4.72 Å². The monoisotopic (exact) mass is 525 g/mol. The highest BCUT2D eigenvalue weighted by atomic mass is 32.2. The lowest BCUT2D eigenvalue weighted by atomic mass is 9.70. The summed E-state index contributed by atoms with van der Waals surface area (Å²) in [5.41, 5.74) is 0.298. The third kappa shape index (κ3) is 7.33. The second-order valence-corrected chi connectivity index (χ2v) is 14.6. The predicted octanol–water partition coefficient (Wildman–Crippen LogP) is 7.70. The zero-order valence-electron chi connectivity index (χ0n) is 21.0. The molecule has 2 aliphatic rings. The normalized spacial score (nSPS) is 29.2. The van der Waals surface area contributed by atoms with Crippen molar-refractivity contribution >= 4 is 38.3 Å². The van der Waals surface area contributed by atoms with Gasteiger partial charge in [-0.1, -0.05) is 74.8 Å². The Bertz CT molecular complexity index is 893. The summed E-state index contributed by atoms with van der Waals surface area (Å²) in [4.78, 5) is 0. The molecule has 3 atom stereocenters. The topological polar surface area (TPSA) is 72.0 Å². The van der Waals surface area contributed by atoms with E-state index in [2.05, 4.69) is 48.0 Å². The van der Waals surface area contributed by atoms with Crippen molar-refractivity contribution in [1.82, 2.24) is 10.2 Å². The fourth-order valence-corrected chi connectivity index (χ4v) is 9.56. The molecule has 1 aromatic rings. The van der Waals surface area contributed by atoms with Crippen molar-refractivity contribution < 1.29 is 8.42 Å². The molecule has 1 N–H and O–H groups in total. The van der Waals surface area contributed by atoms with Gasteiger partial charge < -0.3 is 0 Å². The Labute approximate surface area is 215 Å². The van der Waals surface area contributed by atoms with Gasteiger partial charge in [-0.05, 0) is 74.5 Å². The van der Waals surface area contributed by atoms with Crippen LogP contribution < -0.4 is 4.72 Å². The zero-order chi connectivity index (χ0) is 24.6. The van der Waals surface area contributed by atoms with Crippen molar-refractivity contribution in [2.24, 2.45) is 23.2 Å². The van der Waals surface area contributed by atoms with E-state index in [9.17, 15) is 8.42 Å². The molecule has 0 amide bonds. The van der Waals surface area contributed by atoms with Gasteiger partial charge in [-0.25, -0.2) is 8.42 Å². The van der Waals surface area contributed by atoms with E-state index in [-0.39, 0.29) is 5.25 Å². The molecule has 1 heterocycles. The zero-order valence-corrected chi connectivity index (χ0v) is 23.5. The van der Waals surface area contributed by atoms with E-state index in [1.165, 1.54) is 62.7 Å². The average Bonchev–Trinajstić information content (AvgIpc) is 3.17. The summed E-state index contributed by atoms with van der Waals surface area (Å²) in [7, 11) is -3.43. The third-order valence-electron chi connectivity index (χ3n) is 8.24. The van der Waals surface area contributed by atoms with Crippen LogP contribution in [0.3, 0.4) is 0 Å². The summed E-state index contributed by atoms with van der Waals surface area (Å²) in [6, 6.07) is 0. The number of hydrogen-bond donors (Lipinski definition) is 1.